The molecule has 0 bridgehead atoms. The number of ketones is 1. The minimum absolute atomic E-state index is 0.0222. The first kappa shape index (κ1) is 12.5. The fourth-order valence-electron chi connectivity index (χ4n) is 1.38. The van der Waals surface area contributed by atoms with Crippen LogP contribution in [0.15, 0.2) is 64.7 Å². The van der Waals surface area contributed by atoms with E-state index in [0.29, 0.717) is 11.1 Å². The van der Waals surface area contributed by atoms with Gasteiger partial charge < -0.3 is 0 Å². The summed E-state index contributed by atoms with van der Waals surface area (Å²) in [6.45, 7) is 5.36. The molecule has 0 saturated carbocycles. The van der Waals surface area contributed by atoms with E-state index in [0.717, 1.165) is 9.92 Å². The SMILES string of the molecule is C=C(C)C(=O)c1ccc(Sc2cccnn2)cc1. The Morgan fingerprint density at radius 1 is 1.22 bits per heavy atom. The third kappa shape index (κ3) is 3.05. The predicted octanol–water partition coefficient (Wildman–Crippen LogP) is 3.39. The van der Waals surface area contributed by atoms with Gasteiger partial charge in [-0.3, -0.25) is 4.79 Å². The van der Waals surface area contributed by atoms with Crippen LogP contribution in [0.5, 0.6) is 0 Å². The summed E-state index contributed by atoms with van der Waals surface area (Å²) >= 11 is 1.51. The Kier molecular flexibility index (Phi) is 3.89. The molecule has 0 unspecified atom stereocenters. The fraction of sp³-hybridized carbons (Fsp3) is 0.0714. The van der Waals surface area contributed by atoms with Crippen molar-refractivity contribution in [3.05, 3.63) is 60.3 Å². The van der Waals surface area contributed by atoms with E-state index in [1.165, 1.54) is 11.8 Å². The lowest BCUT2D eigenvalue weighted by Crippen LogP contribution is -1.98. The number of hydrogen-bond donors (Lipinski definition) is 0. The second kappa shape index (κ2) is 5.60. The lowest BCUT2D eigenvalue weighted by atomic mass is 10.1. The van der Waals surface area contributed by atoms with Gasteiger partial charge in [0.2, 0.25) is 0 Å². The summed E-state index contributed by atoms with van der Waals surface area (Å²) in [5.41, 5.74) is 1.20. The number of hydrogen-bond acceptors (Lipinski definition) is 4. The third-order valence-corrected chi connectivity index (χ3v) is 3.21. The van der Waals surface area contributed by atoms with Gasteiger partial charge in [-0.1, -0.05) is 18.3 Å². The summed E-state index contributed by atoms with van der Waals surface area (Å²) in [7, 11) is 0. The number of carbonyl (C=O) groups is 1. The lowest BCUT2D eigenvalue weighted by molar-refractivity contribution is 0.103. The molecule has 1 aromatic carbocycles. The predicted molar refractivity (Wildman–Crippen MR) is 71.7 cm³/mol. The van der Waals surface area contributed by atoms with Gasteiger partial charge >= 0.3 is 0 Å². The van der Waals surface area contributed by atoms with Crippen LogP contribution in [0.3, 0.4) is 0 Å². The molecule has 0 saturated heterocycles. The second-order valence-corrected chi connectivity index (χ2v) is 4.89. The van der Waals surface area contributed by atoms with Gasteiger partial charge in [0.05, 0.1) is 0 Å². The molecule has 2 aromatic rings. The van der Waals surface area contributed by atoms with E-state index in [1.54, 1.807) is 25.3 Å². The number of aromatic nitrogens is 2. The molecular weight excluding hydrogens is 244 g/mol. The number of nitrogens with zero attached hydrogens (tertiary/aromatic N) is 2. The van der Waals surface area contributed by atoms with Crippen LogP contribution < -0.4 is 0 Å². The highest BCUT2D eigenvalue weighted by Crippen LogP contribution is 2.25. The Morgan fingerprint density at radius 2 is 1.94 bits per heavy atom. The quantitative estimate of drug-likeness (QED) is 0.621. The maximum absolute atomic E-state index is 11.7. The minimum Gasteiger partial charge on any atom is -0.289 e. The maximum Gasteiger partial charge on any atom is 0.188 e. The summed E-state index contributed by atoms with van der Waals surface area (Å²) in [5, 5.41) is 8.64. The molecule has 0 amide bonds. The van der Waals surface area contributed by atoms with Crippen molar-refractivity contribution in [3.63, 3.8) is 0 Å². The fourth-order valence-corrected chi connectivity index (χ4v) is 2.13. The normalized spacial score (nSPS) is 10.1. The molecule has 0 radical (unpaired) electrons. The van der Waals surface area contributed by atoms with Gasteiger partial charge in [-0.05, 0) is 48.9 Å². The van der Waals surface area contributed by atoms with Crippen molar-refractivity contribution in [2.45, 2.75) is 16.8 Å². The molecule has 1 heterocycles. The Morgan fingerprint density at radius 3 is 2.50 bits per heavy atom. The Labute approximate surface area is 110 Å². The zero-order valence-electron chi connectivity index (χ0n) is 9.96. The van der Waals surface area contributed by atoms with E-state index in [-0.39, 0.29) is 5.78 Å². The Bertz CT molecular complexity index is 564. The van der Waals surface area contributed by atoms with E-state index < -0.39 is 0 Å². The van der Waals surface area contributed by atoms with Gasteiger partial charge in [-0.2, -0.15) is 5.10 Å². The van der Waals surface area contributed by atoms with E-state index in [4.69, 9.17) is 0 Å². The molecule has 0 N–H and O–H groups in total. The van der Waals surface area contributed by atoms with Gasteiger partial charge in [-0.25, -0.2) is 0 Å². The van der Waals surface area contributed by atoms with E-state index in [9.17, 15) is 4.79 Å². The highest BCUT2D eigenvalue weighted by atomic mass is 32.2. The Hall–Kier alpha value is -1.94. The first-order valence-electron chi connectivity index (χ1n) is 5.42. The monoisotopic (exact) mass is 256 g/mol. The van der Waals surface area contributed by atoms with Crippen molar-refractivity contribution >= 4 is 17.5 Å². The average molecular weight is 256 g/mol. The van der Waals surface area contributed by atoms with Crippen molar-refractivity contribution in [3.8, 4) is 0 Å². The van der Waals surface area contributed by atoms with Crippen LogP contribution in [0.1, 0.15) is 17.3 Å². The number of benzene rings is 1. The highest BCUT2D eigenvalue weighted by Gasteiger charge is 2.06. The Balaban J connectivity index is 2.13. The second-order valence-electron chi connectivity index (χ2n) is 3.80. The van der Waals surface area contributed by atoms with E-state index >= 15 is 0 Å². The highest BCUT2D eigenvalue weighted by molar-refractivity contribution is 7.99. The van der Waals surface area contributed by atoms with Gasteiger partial charge in [0.1, 0.15) is 5.03 Å². The molecule has 1 aromatic heterocycles. The first-order valence-corrected chi connectivity index (χ1v) is 6.24. The van der Waals surface area contributed by atoms with Crippen LogP contribution in [0, 0.1) is 0 Å². The van der Waals surface area contributed by atoms with Crippen molar-refractivity contribution in [1.82, 2.24) is 10.2 Å². The largest absolute Gasteiger partial charge is 0.289 e. The van der Waals surface area contributed by atoms with Crippen molar-refractivity contribution in [2.24, 2.45) is 0 Å². The average Bonchev–Trinajstić information content (AvgIpc) is 2.40. The van der Waals surface area contributed by atoms with E-state index in [1.807, 2.05) is 24.3 Å². The smallest absolute Gasteiger partial charge is 0.188 e. The molecule has 90 valence electrons. The lowest BCUT2D eigenvalue weighted by Gasteiger charge is -2.02. The van der Waals surface area contributed by atoms with Crippen LogP contribution in [-0.2, 0) is 0 Å². The van der Waals surface area contributed by atoms with Crippen LogP contribution >= 0.6 is 11.8 Å². The standard InChI is InChI=1S/C14H12N2OS/c1-10(2)14(17)11-5-7-12(8-6-11)18-13-4-3-9-15-16-13/h3-9H,1H2,2H3. The maximum atomic E-state index is 11.7. The van der Waals surface area contributed by atoms with E-state index in [2.05, 4.69) is 16.8 Å². The molecular formula is C14H12N2OS. The van der Waals surface area contributed by atoms with Crippen molar-refractivity contribution < 1.29 is 4.79 Å². The van der Waals surface area contributed by atoms with Crippen LogP contribution in [0.4, 0.5) is 0 Å². The van der Waals surface area contributed by atoms with Gasteiger partial charge in [-0.15, -0.1) is 5.10 Å². The van der Waals surface area contributed by atoms with Crippen LogP contribution in [-0.4, -0.2) is 16.0 Å². The molecule has 0 aliphatic rings. The van der Waals surface area contributed by atoms with Crippen molar-refractivity contribution in [1.29, 1.82) is 0 Å². The van der Waals surface area contributed by atoms with Gasteiger partial charge in [0, 0.05) is 16.7 Å². The minimum atomic E-state index is -0.0222. The molecule has 4 heteroatoms. The van der Waals surface area contributed by atoms with Gasteiger partial charge in [0.25, 0.3) is 0 Å². The third-order valence-electron chi connectivity index (χ3n) is 2.27. The molecule has 3 nitrogen and oxygen atoms in total. The van der Waals surface area contributed by atoms with Crippen LogP contribution in [0.2, 0.25) is 0 Å². The summed E-state index contributed by atoms with van der Waals surface area (Å²) in [5.74, 6) is -0.0222. The summed E-state index contributed by atoms with van der Waals surface area (Å²) in [6, 6.07) is 11.1. The van der Waals surface area contributed by atoms with Gasteiger partial charge in [0.15, 0.2) is 5.78 Å². The summed E-state index contributed by atoms with van der Waals surface area (Å²) in [6.07, 6.45) is 1.64. The molecule has 0 spiro atoms. The number of Topliss-reactive ketones (excluding diaryl/α,β-unsaturated/α-hetero) is 1. The zero-order chi connectivity index (χ0) is 13.0. The molecule has 0 aliphatic carbocycles. The zero-order valence-corrected chi connectivity index (χ0v) is 10.8. The number of carbonyl (C=O) groups excluding carboxylic acids is 1. The molecule has 0 fully saturated rings. The summed E-state index contributed by atoms with van der Waals surface area (Å²) < 4.78 is 0. The van der Waals surface area contributed by atoms with Crippen LogP contribution in [0.25, 0.3) is 0 Å². The number of allylic oxidation sites excluding steroid dienone is 1. The molecule has 0 aliphatic heterocycles. The first-order chi connectivity index (χ1) is 8.66. The van der Waals surface area contributed by atoms with Crippen molar-refractivity contribution in [2.75, 3.05) is 0 Å². The molecule has 18 heavy (non-hydrogen) atoms. The topological polar surface area (TPSA) is 42.9 Å². The summed E-state index contributed by atoms with van der Waals surface area (Å²) in [4.78, 5) is 12.7. The number of rotatable bonds is 4. The molecule has 0 atom stereocenters. The molecule has 2 rings (SSSR count).